The number of halogens is 1. The zero-order valence-electron chi connectivity index (χ0n) is 14.6. The number of anilines is 2. The molecule has 0 spiro atoms. The lowest BCUT2D eigenvalue weighted by Gasteiger charge is -2.35. The molecule has 0 bridgehead atoms. The molecule has 132 valence electrons. The maximum absolute atomic E-state index is 13.8. The Morgan fingerprint density at radius 1 is 1.20 bits per heavy atom. The minimum atomic E-state index is -0.590. The van der Waals surface area contributed by atoms with Gasteiger partial charge >= 0.3 is 0 Å². The molecular formula is C17H21FN6O. The third-order valence-corrected chi connectivity index (χ3v) is 4.14. The van der Waals surface area contributed by atoms with Crippen LogP contribution in [0.15, 0.2) is 24.5 Å². The van der Waals surface area contributed by atoms with Gasteiger partial charge in [-0.2, -0.15) is 4.98 Å². The Morgan fingerprint density at radius 2 is 1.92 bits per heavy atom. The second-order valence-electron chi connectivity index (χ2n) is 6.20. The zero-order chi connectivity index (χ0) is 18.0. The summed E-state index contributed by atoms with van der Waals surface area (Å²) in [5, 5.41) is 0. The molecule has 3 heterocycles. The van der Waals surface area contributed by atoms with Gasteiger partial charge in [0.15, 0.2) is 5.82 Å². The molecule has 8 heteroatoms. The molecule has 0 saturated carbocycles. The Kier molecular flexibility index (Phi) is 4.78. The van der Waals surface area contributed by atoms with Crippen LogP contribution in [0.5, 0.6) is 0 Å². The number of aromatic nitrogens is 3. The van der Waals surface area contributed by atoms with E-state index in [1.54, 1.807) is 4.90 Å². The number of amides is 1. The van der Waals surface area contributed by atoms with Crippen molar-refractivity contribution < 1.29 is 9.18 Å². The fraction of sp³-hybridized carbons (Fsp3) is 0.412. The number of pyridine rings is 1. The highest BCUT2D eigenvalue weighted by Gasteiger charge is 2.25. The highest BCUT2D eigenvalue weighted by molar-refractivity contribution is 5.94. The van der Waals surface area contributed by atoms with Crippen LogP contribution < -0.4 is 9.80 Å². The van der Waals surface area contributed by atoms with Gasteiger partial charge in [0.2, 0.25) is 5.95 Å². The number of carbonyl (C=O) groups excluding carboxylic acids is 1. The van der Waals surface area contributed by atoms with Crippen LogP contribution in [0.25, 0.3) is 0 Å². The van der Waals surface area contributed by atoms with Gasteiger partial charge in [-0.05, 0) is 13.0 Å². The molecule has 1 aliphatic rings. The molecule has 0 atom stereocenters. The van der Waals surface area contributed by atoms with E-state index >= 15 is 0 Å². The number of nitrogens with zero attached hydrogens (tertiary/aromatic N) is 6. The monoisotopic (exact) mass is 344 g/mol. The lowest BCUT2D eigenvalue weighted by molar-refractivity contribution is 0.0741. The largest absolute Gasteiger partial charge is 0.363 e. The lowest BCUT2D eigenvalue weighted by atomic mass is 10.2. The van der Waals surface area contributed by atoms with Crippen LogP contribution in [0, 0.1) is 12.7 Å². The van der Waals surface area contributed by atoms with Crippen molar-refractivity contribution in [1.82, 2.24) is 19.9 Å². The van der Waals surface area contributed by atoms with Crippen molar-refractivity contribution in [3.05, 3.63) is 41.6 Å². The first-order chi connectivity index (χ1) is 12.0. The standard InChI is InChI=1S/C17H21FN6O/c1-12-10-15(22(2)3)21-17(20-12)24-8-6-23(7-9-24)16(25)13-4-5-19-11-14(13)18/h4-5,10-11H,6-9H2,1-3H3. The fourth-order valence-corrected chi connectivity index (χ4v) is 2.74. The Hall–Kier alpha value is -2.77. The van der Waals surface area contributed by atoms with Gasteiger partial charge < -0.3 is 14.7 Å². The molecule has 3 rings (SSSR count). The zero-order valence-corrected chi connectivity index (χ0v) is 14.6. The SMILES string of the molecule is Cc1cc(N(C)C)nc(N2CCN(C(=O)c3ccncc3F)CC2)n1. The van der Waals surface area contributed by atoms with Crippen LogP contribution in [0.1, 0.15) is 16.1 Å². The van der Waals surface area contributed by atoms with E-state index in [1.165, 1.54) is 12.3 Å². The summed E-state index contributed by atoms with van der Waals surface area (Å²) in [6.07, 6.45) is 2.49. The summed E-state index contributed by atoms with van der Waals surface area (Å²) < 4.78 is 13.8. The van der Waals surface area contributed by atoms with Crippen LogP contribution in [0.3, 0.4) is 0 Å². The van der Waals surface area contributed by atoms with Crippen LogP contribution in [0.2, 0.25) is 0 Å². The molecule has 0 N–H and O–H groups in total. The summed E-state index contributed by atoms with van der Waals surface area (Å²) >= 11 is 0. The minimum Gasteiger partial charge on any atom is -0.363 e. The Labute approximate surface area is 146 Å². The van der Waals surface area contributed by atoms with Crippen LogP contribution >= 0.6 is 0 Å². The van der Waals surface area contributed by atoms with E-state index in [4.69, 9.17) is 0 Å². The first-order valence-electron chi connectivity index (χ1n) is 8.12. The molecule has 25 heavy (non-hydrogen) atoms. The number of rotatable bonds is 3. The number of aryl methyl sites for hydroxylation is 1. The van der Waals surface area contributed by atoms with E-state index in [-0.39, 0.29) is 11.5 Å². The number of hydrogen-bond donors (Lipinski definition) is 0. The first-order valence-corrected chi connectivity index (χ1v) is 8.12. The average molecular weight is 344 g/mol. The lowest BCUT2D eigenvalue weighted by Crippen LogP contribution is -2.49. The maximum atomic E-state index is 13.8. The molecule has 0 aliphatic carbocycles. The van der Waals surface area contributed by atoms with Crippen molar-refractivity contribution in [1.29, 1.82) is 0 Å². The molecule has 0 radical (unpaired) electrons. The summed E-state index contributed by atoms with van der Waals surface area (Å²) in [5.41, 5.74) is 0.955. The molecular weight excluding hydrogens is 323 g/mol. The van der Waals surface area contributed by atoms with Crippen molar-refractivity contribution >= 4 is 17.7 Å². The van der Waals surface area contributed by atoms with Gasteiger partial charge in [0.1, 0.15) is 5.82 Å². The summed E-state index contributed by atoms with van der Waals surface area (Å²) in [5.74, 6) is 0.608. The molecule has 7 nitrogen and oxygen atoms in total. The quantitative estimate of drug-likeness (QED) is 0.837. The van der Waals surface area contributed by atoms with E-state index < -0.39 is 5.82 Å². The number of hydrogen-bond acceptors (Lipinski definition) is 6. The minimum absolute atomic E-state index is 0.0603. The molecule has 0 unspecified atom stereocenters. The van der Waals surface area contributed by atoms with Gasteiger partial charge in [-0.3, -0.25) is 9.78 Å². The van der Waals surface area contributed by atoms with Crippen LogP contribution in [-0.4, -0.2) is 66.0 Å². The first kappa shape index (κ1) is 17.1. The molecule has 1 saturated heterocycles. The van der Waals surface area contributed by atoms with Gasteiger partial charge in [-0.1, -0.05) is 0 Å². The highest BCUT2D eigenvalue weighted by Crippen LogP contribution is 2.18. The normalized spacial score (nSPS) is 14.6. The summed E-state index contributed by atoms with van der Waals surface area (Å²) in [6.45, 7) is 4.14. The maximum Gasteiger partial charge on any atom is 0.257 e. The van der Waals surface area contributed by atoms with Crippen molar-refractivity contribution in [3.63, 3.8) is 0 Å². The van der Waals surface area contributed by atoms with Crippen molar-refractivity contribution in [2.24, 2.45) is 0 Å². The van der Waals surface area contributed by atoms with E-state index in [0.29, 0.717) is 32.1 Å². The fourth-order valence-electron chi connectivity index (χ4n) is 2.74. The topological polar surface area (TPSA) is 65.5 Å². The second-order valence-corrected chi connectivity index (χ2v) is 6.20. The van der Waals surface area contributed by atoms with E-state index in [2.05, 4.69) is 15.0 Å². The van der Waals surface area contributed by atoms with E-state index in [1.807, 2.05) is 36.9 Å². The van der Waals surface area contributed by atoms with Crippen molar-refractivity contribution in [2.75, 3.05) is 50.1 Å². The molecule has 1 aliphatic heterocycles. The highest BCUT2D eigenvalue weighted by atomic mass is 19.1. The predicted molar refractivity (Wildman–Crippen MR) is 93.4 cm³/mol. The third-order valence-electron chi connectivity index (χ3n) is 4.14. The third kappa shape index (κ3) is 3.67. The van der Waals surface area contributed by atoms with Crippen molar-refractivity contribution in [2.45, 2.75) is 6.92 Å². The Bertz CT molecular complexity index is 773. The van der Waals surface area contributed by atoms with E-state index in [0.717, 1.165) is 17.7 Å². The van der Waals surface area contributed by atoms with Crippen LogP contribution in [-0.2, 0) is 0 Å². The van der Waals surface area contributed by atoms with Gasteiger partial charge in [0.25, 0.3) is 5.91 Å². The van der Waals surface area contributed by atoms with Crippen LogP contribution in [0.4, 0.5) is 16.2 Å². The predicted octanol–water partition coefficient (Wildman–Crippen LogP) is 1.35. The second kappa shape index (κ2) is 7.00. The summed E-state index contributed by atoms with van der Waals surface area (Å²) in [7, 11) is 3.87. The van der Waals surface area contributed by atoms with Crippen molar-refractivity contribution in [3.8, 4) is 0 Å². The number of piperazine rings is 1. The molecule has 1 amide bonds. The Balaban J connectivity index is 1.70. The molecule has 2 aromatic heterocycles. The summed E-state index contributed by atoms with van der Waals surface area (Å²) in [4.78, 5) is 30.8. The molecule has 2 aromatic rings. The molecule has 1 fully saturated rings. The van der Waals surface area contributed by atoms with E-state index in [9.17, 15) is 9.18 Å². The number of carbonyl (C=O) groups is 1. The van der Waals surface area contributed by atoms with Gasteiger partial charge in [0, 0.05) is 58.2 Å². The van der Waals surface area contributed by atoms with Gasteiger partial charge in [0.05, 0.1) is 11.8 Å². The smallest absolute Gasteiger partial charge is 0.257 e. The summed E-state index contributed by atoms with van der Waals surface area (Å²) in [6, 6.07) is 3.34. The molecule has 0 aromatic carbocycles. The van der Waals surface area contributed by atoms with Gasteiger partial charge in [-0.15, -0.1) is 0 Å². The average Bonchev–Trinajstić information content (AvgIpc) is 2.61. The van der Waals surface area contributed by atoms with Gasteiger partial charge in [-0.25, -0.2) is 9.37 Å². The Morgan fingerprint density at radius 3 is 2.56 bits per heavy atom.